The maximum Gasteiger partial charge on any atom is 0.244 e. The Kier molecular flexibility index (Phi) is 3.22. The van der Waals surface area contributed by atoms with Gasteiger partial charge in [0.1, 0.15) is 0 Å². The molecule has 2 aliphatic heterocycles. The number of carbonyl (C=O) groups is 2. The third-order valence-electron chi connectivity index (χ3n) is 3.20. The van der Waals surface area contributed by atoms with Crippen LogP contribution in [-0.2, 0) is 14.3 Å². The molecule has 16 heavy (non-hydrogen) atoms. The third-order valence-corrected chi connectivity index (χ3v) is 3.20. The van der Waals surface area contributed by atoms with Crippen LogP contribution in [-0.4, -0.2) is 48.3 Å². The molecule has 2 aliphatic rings. The summed E-state index contributed by atoms with van der Waals surface area (Å²) >= 11 is 0. The molecule has 0 radical (unpaired) electrons. The van der Waals surface area contributed by atoms with Crippen LogP contribution < -0.4 is 10.6 Å². The molecule has 2 amide bonds. The van der Waals surface area contributed by atoms with Gasteiger partial charge < -0.3 is 9.84 Å². The fourth-order valence-corrected chi connectivity index (χ4v) is 2.15. The van der Waals surface area contributed by atoms with Crippen molar-refractivity contribution in [1.29, 1.82) is 0 Å². The molecule has 0 aromatic carbocycles. The highest BCUT2D eigenvalue weighted by molar-refractivity contribution is 6.05. The molecule has 1 unspecified atom stereocenters. The number of nitrogens with one attached hydrogen (secondary N) is 2. The highest BCUT2D eigenvalue weighted by atomic mass is 16.5. The monoisotopic (exact) mass is 228 g/mol. The second-order valence-corrected chi connectivity index (χ2v) is 4.36. The number of amides is 2. The zero-order chi connectivity index (χ0) is 11.6. The minimum Gasteiger partial charge on any atom is -0.394 e. The molecule has 0 aromatic heterocycles. The van der Waals surface area contributed by atoms with Crippen molar-refractivity contribution >= 4 is 11.8 Å². The fraction of sp³-hybridized carbons (Fsp3) is 0.800. The first kappa shape index (κ1) is 11.5. The molecule has 1 atom stereocenters. The lowest BCUT2D eigenvalue weighted by atomic mass is 9.90. The molecule has 0 aliphatic carbocycles. The van der Waals surface area contributed by atoms with Crippen LogP contribution in [0.15, 0.2) is 0 Å². The number of imide groups is 1. The van der Waals surface area contributed by atoms with Crippen LogP contribution in [0.1, 0.15) is 19.3 Å². The maximum absolute atomic E-state index is 11.4. The molecule has 6 heteroatoms. The van der Waals surface area contributed by atoms with E-state index >= 15 is 0 Å². The predicted octanol–water partition coefficient (Wildman–Crippen LogP) is -1.47. The first-order chi connectivity index (χ1) is 7.65. The molecule has 2 rings (SSSR count). The van der Waals surface area contributed by atoms with E-state index in [2.05, 4.69) is 10.6 Å². The Morgan fingerprint density at radius 1 is 1.44 bits per heavy atom. The van der Waals surface area contributed by atoms with Crippen LogP contribution in [0.5, 0.6) is 0 Å². The molecule has 6 nitrogen and oxygen atoms in total. The molecule has 0 aromatic rings. The largest absolute Gasteiger partial charge is 0.394 e. The lowest BCUT2D eigenvalue weighted by Crippen LogP contribution is -2.57. The van der Waals surface area contributed by atoms with Crippen molar-refractivity contribution in [1.82, 2.24) is 10.6 Å². The van der Waals surface area contributed by atoms with Gasteiger partial charge in [-0.1, -0.05) is 0 Å². The zero-order valence-corrected chi connectivity index (χ0v) is 8.99. The molecule has 2 saturated heterocycles. The number of hydrogen-bond acceptors (Lipinski definition) is 5. The zero-order valence-electron chi connectivity index (χ0n) is 8.99. The molecule has 2 heterocycles. The van der Waals surface area contributed by atoms with Gasteiger partial charge >= 0.3 is 0 Å². The Bertz CT molecular complexity index is 299. The van der Waals surface area contributed by atoms with Gasteiger partial charge in [-0.3, -0.25) is 20.2 Å². The SMILES string of the molecule is O=C1CC(NC2(CO)CCOCC2)C(=O)N1. The van der Waals surface area contributed by atoms with Crippen LogP contribution in [0.2, 0.25) is 0 Å². The summed E-state index contributed by atoms with van der Waals surface area (Å²) in [7, 11) is 0. The van der Waals surface area contributed by atoms with Crippen LogP contribution in [0, 0.1) is 0 Å². The summed E-state index contributed by atoms with van der Waals surface area (Å²) in [6.45, 7) is 1.08. The summed E-state index contributed by atoms with van der Waals surface area (Å²) in [6.07, 6.45) is 1.46. The van der Waals surface area contributed by atoms with Gasteiger partial charge in [-0.15, -0.1) is 0 Å². The second kappa shape index (κ2) is 4.48. The first-order valence-corrected chi connectivity index (χ1v) is 5.45. The summed E-state index contributed by atoms with van der Waals surface area (Å²) in [5.74, 6) is -0.563. The van der Waals surface area contributed by atoms with Crippen molar-refractivity contribution in [2.24, 2.45) is 0 Å². The minimum absolute atomic E-state index is 0.0473. The van der Waals surface area contributed by atoms with Crippen LogP contribution in [0.25, 0.3) is 0 Å². The molecular weight excluding hydrogens is 212 g/mol. The second-order valence-electron chi connectivity index (χ2n) is 4.36. The number of aliphatic hydroxyl groups excluding tert-OH is 1. The number of aliphatic hydroxyl groups is 1. The Hall–Kier alpha value is -0.980. The average Bonchev–Trinajstić information content (AvgIpc) is 2.59. The Labute approximate surface area is 93.3 Å². The molecule has 90 valence electrons. The molecule has 3 N–H and O–H groups in total. The van der Waals surface area contributed by atoms with E-state index in [1.165, 1.54) is 0 Å². The third kappa shape index (κ3) is 2.23. The minimum atomic E-state index is -0.516. The van der Waals surface area contributed by atoms with Crippen molar-refractivity contribution < 1.29 is 19.4 Å². The van der Waals surface area contributed by atoms with Crippen LogP contribution in [0.4, 0.5) is 0 Å². The summed E-state index contributed by atoms with van der Waals surface area (Å²) < 4.78 is 5.22. The number of ether oxygens (including phenoxy) is 1. The standard InChI is InChI=1S/C10H16N2O4/c13-6-10(1-3-16-4-2-10)12-7-5-8(14)11-9(7)15/h7,12-13H,1-6H2,(H,11,14,15). The van der Waals surface area contributed by atoms with Crippen LogP contribution >= 0.6 is 0 Å². The van der Waals surface area contributed by atoms with Crippen molar-refractivity contribution in [3.05, 3.63) is 0 Å². The quantitative estimate of drug-likeness (QED) is 0.513. The average molecular weight is 228 g/mol. The van der Waals surface area contributed by atoms with E-state index in [4.69, 9.17) is 4.74 Å². The van der Waals surface area contributed by atoms with E-state index < -0.39 is 11.6 Å². The van der Waals surface area contributed by atoms with Gasteiger partial charge in [-0.05, 0) is 12.8 Å². The van der Waals surface area contributed by atoms with Gasteiger partial charge in [0.15, 0.2) is 0 Å². The molecule has 2 fully saturated rings. The first-order valence-electron chi connectivity index (χ1n) is 5.45. The van der Waals surface area contributed by atoms with Crippen molar-refractivity contribution in [2.45, 2.75) is 30.8 Å². The predicted molar refractivity (Wildman–Crippen MR) is 54.6 cm³/mol. The molecule has 0 bridgehead atoms. The summed E-state index contributed by atoms with van der Waals surface area (Å²) in [6, 6.07) is -0.516. The lowest BCUT2D eigenvalue weighted by Gasteiger charge is -2.38. The Morgan fingerprint density at radius 2 is 2.12 bits per heavy atom. The maximum atomic E-state index is 11.4. The topological polar surface area (TPSA) is 87.7 Å². The van der Waals surface area contributed by atoms with E-state index in [9.17, 15) is 14.7 Å². The smallest absolute Gasteiger partial charge is 0.244 e. The van der Waals surface area contributed by atoms with Crippen molar-refractivity contribution in [2.75, 3.05) is 19.8 Å². The van der Waals surface area contributed by atoms with Crippen molar-refractivity contribution in [3.8, 4) is 0 Å². The molecular formula is C10H16N2O4. The summed E-state index contributed by atoms with van der Waals surface area (Å²) in [5.41, 5.74) is -0.481. The number of hydrogen-bond donors (Lipinski definition) is 3. The van der Waals surface area contributed by atoms with E-state index in [0.717, 1.165) is 0 Å². The van der Waals surface area contributed by atoms with Gasteiger partial charge in [0.05, 0.1) is 19.1 Å². The lowest BCUT2D eigenvalue weighted by molar-refractivity contribution is -0.125. The van der Waals surface area contributed by atoms with Gasteiger partial charge in [0.2, 0.25) is 11.8 Å². The van der Waals surface area contributed by atoms with Gasteiger partial charge in [0.25, 0.3) is 0 Å². The van der Waals surface area contributed by atoms with Crippen molar-refractivity contribution in [3.63, 3.8) is 0 Å². The molecule has 0 saturated carbocycles. The summed E-state index contributed by atoms with van der Waals surface area (Å²) in [4.78, 5) is 22.4. The van der Waals surface area contributed by atoms with Gasteiger partial charge in [0, 0.05) is 18.8 Å². The van der Waals surface area contributed by atoms with Crippen LogP contribution in [0.3, 0.4) is 0 Å². The van der Waals surface area contributed by atoms with E-state index in [1.807, 2.05) is 0 Å². The highest BCUT2D eigenvalue weighted by Crippen LogP contribution is 2.22. The summed E-state index contributed by atoms with van der Waals surface area (Å²) in [5, 5.41) is 14.8. The Morgan fingerprint density at radius 3 is 2.62 bits per heavy atom. The fourth-order valence-electron chi connectivity index (χ4n) is 2.15. The highest BCUT2D eigenvalue weighted by Gasteiger charge is 2.39. The van der Waals surface area contributed by atoms with E-state index in [-0.39, 0.29) is 24.8 Å². The number of carbonyl (C=O) groups excluding carboxylic acids is 2. The van der Waals surface area contributed by atoms with Gasteiger partial charge in [-0.2, -0.15) is 0 Å². The van der Waals surface area contributed by atoms with Gasteiger partial charge in [-0.25, -0.2) is 0 Å². The normalized spacial score (nSPS) is 29.2. The Balaban J connectivity index is 2.00. The van der Waals surface area contributed by atoms with E-state index in [1.54, 1.807) is 0 Å². The molecule has 0 spiro atoms. The van der Waals surface area contributed by atoms with E-state index in [0.29, 0.717) is 26.1 Å². The number of rotatable bonds is 3.